The Kier molecular flexibility index (Phi) is 4.18. The van der Waals surface area contributed by atoms with Crippen molar-refractivity contribution >= 4 is 5.97 Å². The Balaban J connectivity index is 2.13. The summed E-state index contributed by atoms with van der Waals surface area (Å²) in [4.78, 5) is 10.3. The lowest BCUT2D eigenvalue weighted by molar-refractivity contribution is -0.313. The average molecular weight is 187 g/mol. The first-order valence-corrected chi connectivity index (χ1v) is 4.64. The average Bonchev–Trinajstić information content (AvgIpc) is 2.15. The molecule has 0 spiro atoms. The van der Waals surface area contributed by atoms with Crippen LogP contribution in [0.5, 0.6) is 0 Å². The molecule has 1 aliphatic rings. The number of carboxylic acids is 1. The SMILES string of the molecule is CC(COC1CCCCO1)C(=O)[O-]. The lowest BCUT2D eigenvalue weighted by Gasteiger charge is -2.24. The van der Waals surface area contributed by atoms with E-state index in [9.17, 15) is 9.90 Å². The third-order valence-electron chi connectivity index (χ3n) is 2.07. The van der Waals surface area contributed by atoms with E-state index in [0.717, 1.165) is 19.3 Å². The fourth-order valence-corrected chi connectivity index (χ4v) is 1.16. The summed E-state index contributed by atoms with van der Waals surface area (Å²) in [6.07, 6.45) is 2.80. The Morgan fingerprint density at radius 3 is 3.00 bits per heavy atom. The predicted molar refractivity (Wildman–Crippen MR) is 43.7 cm³/mol. The van der Waals surface area contributed by atoms with Crippen LogP contribution in [0.4, 0.5) is 0 Å². The first kappa shape index (κ1) is 10.5. The van der Waals surface area contributed by atoms with E-state index in [4.69, 9.17) is 9.47 Å². The molecule has 0 radical (unpaired) electrons. The number of hydrogen-bond acceptors (Lipinski definition) is 4. The van der Waals surface area contributed by atoms with Crippen LogP contribution in [0.2, 0.25) is 0 Å². The van der Waals surface area contributed by atoms with Gasteiger partial charge in [0.25, 0.3) is 0 Å². The van der Waals surface area contributed by atoms with Gasteiger partial charge in [-0.1, -0.05) is 6.92 Å². The van der Waals surface area contributed by atoms with Crippen LogP contribution in [0.1, 0.15) is 26.2 Å². The van der Waals surface area contributed by atoms with Gasteiger partial charge in [0.1, 0.15) is 0 Å². The Hall–Kier alpha value is -0.610. The molecule has 1 rings (SSSR count). The van der Waals surface area contributed by atoms with Crippen LogP contribution >= 0.6 is 0 Å². The minimum atomic E-state index is -1.07. The van der Waals surface area contributed by atoms with Crippen LogP contribution in [0.3, 0.4) is 0 Å². The van der Waals surface area contributed by atoms with Crippen molar-refractivity contribution in [3.8, 4) is 0 Å². The summed E-state index contributed by atoms with van der Waals surface area (Å²) < 4.78 is 10.5. The Morgan fingerprint density at radius 1 is 1.69 bits per heavy atom. The van der Waals surface area contributed by atoms with Gasteiger partial charge in [-0.15, -0.1) is 0 Å². The van der Waals surface area contributed by atoms with E-state index in [1.807, 2.05) is 0 Å². The van der Waals surface area contributed by atoms with Crippen molar-refractivity contribution in [1.29, 1.82) is 0 Å². The van der Waals surface area contributed by atoms with Gasteiger partial charge in [-0.25, -0.2) is 0 Å². The number of carbonyl (C=O) groups excluding carboxylic acids is 1. The fourth-order valence-electron chi connectivity index (χ4n) is 1.16. The highest BCUT2D eigenvalue weighted by Crippen LogP contribution is 2.14. The molecule has 4 nitrogen and oxygen atoms in total. The van der Waals surface area contributed by atoms with E-state index in [1.54, 1.807) is 6.92 Å². The zero-order valence-electron chi connectivity index (χ0n) is 7.82. The predicted octanol–water partition coefficient (Wildman–Crippen LogP) is -0.0844. The molecule has 0 aromatic carbocycles. The minimum absolute atomic E-state index is 0.174. The second-order valence-electron chi connectivity index (χ2n) is 3.35. The molecule has 4 heteroatoms. The highest BCUT2D eigenvalue weighted by atomic mass is 16.7. The summed E-state index contributed by atoms with van der Waals surface area (Å²) in [5.41, 5.74) is 0. The molecular weight excluding hydrogens is 172 g/mol. The molecule has 76 valence electrons. The zero-order chi connectivity index (χ0) is 9.68. The molecule has 1 fully saturated rings. The molecule has 1 saturated heterocycles. The number of ether oxygens (including phenoxy) is 2. The molecule has 1 heterocycles. The van der Waals surface area contributed by atoms with Crippen LogP contribution < -0.4 is 5.11 Å². The Labute approximate surface area is 77.8 Å². The number of carboxylic acid groups (broad SMARTS) is 1. The summed E-state index contributed by atoms with van der Waals surface area (Å²) in [6, 6.07) is 0. The van der Waals surface area contributed by atoms with Gasteiger partial charge < -0.3 is 19.4 Å². The quantitative estimate of drug-likeness (QED) is 0.617. The topological polar surface area (TPSA) is 58.6 Å². The van der Waals surface area contributed by atoms with Gasteiger partial charge in [-0.3, -0.25) is 0 Å². The van der Waals surface area contributed by atoms with E-state index in [-0.39, 0.29) is 12.9 Å². The minimum Gasteiger partial charge on any atom is -0.550 e. The molecular formula is C9H15O4-. The fraction of sp³-hybridized carbons (Fsp3) is 0.889. The molecule has 2 unspecified atom stereocenters. The van der Waals surface area contributed by atoms with Crippen LogP contribution in [0.15, 0.2) is 0 Å². The summed E-state index contributed by atoms with van der Waals surface area (Å²) in [5.74, 6) is -1.64. The standard InChI is InChI=1S/C9H16O4/c1-7(9(10)11)6-13-8-4-2-3-5-12-8/h7-8H,2-6H2,1H3,(H,10,11)/p-1. The first-order chi connectivity index (χ1) is 6.20. The van der Waals surface area contributed by atoms with Crippen molar-refractivity contribution in [1.82, 2.24) is 0 Å². The van der Waals surface area contributed by atoms with Crippen LogP contribution in [-0.2, 0) is 14.3 Å². The molecule has 0 aromatic rings. The van der Waals surface area contributed by atoms with Crippen molar-refractivity contribution in [2.75, 3.05) is 13.2 Å². The number of aliphatic carboxylic acids is 1. The van der Waals surface area contributed by atoms with Gasteiger partial charge in [0, 0.05) is 18.5 Å². The third kappa shape index (κ3) is 3.74. The molecule has 0 bridgehead atoms. The van der Waals surface area contributed by atoms with Gasteiger partial charge >= 0.3 is 0 Å². The second-order valence-corrected chi connectivity index (χ2v) is 3.35. The van der Waals surface area contributed by atoms with Crippen molar-refractivity contribution in [3.05, 3.63) is 0 Å². The largest absolute Gasteiger partial charge is 0.550 e. The summed E-state index contributed by atoms with van der Waals surface area (Å²) in [5, 5.41) is 10.3. The van der Waals surface area contributed by atoms with Gasteiger partial charge in [-0.05, 0) is 19.3 Å². The summed E-state index contributed by atoms with van der Waals surface area (Å²) in [6.45, 7) is 2.45. The van der Waals surface area contributed by atoms with Crippen molar-refractivity contribution in [3.63, 3.8) is 0 Å². The van der Waals surface area contributed by atoms with E-state index in [2.05, 4.69) is 0 Å². The zero-order valence-corrected chi connectivity index (χ0v) is 7.82. The lowest BCUT2D eigenvalue weighted by Crippen LogP contribution is -2.34. The molecule has 2 atom stereocenters. The molecule has 0 saturated carbocycles. The van der Waals surface area contributed by atoms with Gasteiger partial charge in [0.15, 0.2) is 6.29 Å². The molecule has 0 N–H and O–H groups in total. The Morgan fingerprint density at radius 2 is 2.46 bits per heavy atom. The van der Waals surface area contributed by atoms with Gasteiger partial charge in [-0.2, -0.15) is 0 Å². The van der Waals surface area contributed by atoms with Crippen molar-refractivity contribution < 1.29 is 19.4 Å². The summed E-state index contributed by atoms with van der Waals surface area (Å²) in [7, 11) is 0. The first-order valence-electron chi connectivity index (χ1n) is 4.64. The lowest BCUT2D eigenvalue weighted by atomic mass is 10.2. The Bertz CT molecular complexity index is 163. The van der Waals surface area contributed by atoms with E-state index >= 15 is 0 Å². The van der Waals surface area contributed by atoms with E-state index in [0.29, 0.717) is 6.61 Å². The second kappa shape index (κ2) is 5.19. The molecule has 0 aliphatic carbocycles. The van der Waals surface area contributed by atoms with E-state index in [1.165, 1.54) is 0 Å². The molecule has 0 aromatic heterocycles. The number of rotatable bonds is 4. The maximum absolute atomic E-state index is 10.3. The smallest absolute Gasteiger partial charge is 0.157 e. The van der Waals surface area contributed by atoms with Crippen molar-refractivity contribution in [2.24, 2.45) is 5.92 Å². The van der Waals surface area contributed by atoms with Crippen LogP contribution in [-0.4, -0.2) is 25.5 Å². The molecule has 1 aliphatic heterocycles. The normalized spacial score (nSPS) is 25.5. The summed E-state index contributed by atoms with van der Waals surface area (Å²) >= 11 is 0. The number of hydrogen-bond donors (Lipinski definition) is 0. The monoisotopic (exact) mass is 187 g/mol. The maximum Gasteiger partial charge on any atom is 0.157 e. The van der Waals surface area contributed by atoms with Crippen LogP contribution in [0, 0.1) is 5.92 Å². The van der Waals surface area contributed by atoms with Crippen LogP contribution in [0.25, 0.3) is 0 Å². The van der Waals surface area contributed by atoms with E-state index < -0.39 is 11.9 Å². The van der Waals surface area contributed by atoms with Gasteiger partial charge in [0.05, 0.1) is 6.61 Å². The molecule has 0 amide bonds. The highest BCUT2D eigenvalue weighted by molar-refractivity contribution is 5.67. The van der Waals surface area contributed by atoms with Crippen molar-refractivity contribution in [2.45, 2.75) is 32.5 Å². The molecule has 13 heavy (non-hydrogen) atoms. The third-order valence-corrected chi connectivity index (χ3v) is 2.07. The maximum atomic E-state index is 10.3. The highest BCUT2D eigenvalue weighted by Gasteiger charge is 2.15. The number of carbonyl (C=O) groups is 1. The van der Waals surface area contributed by atoms with Gasteiger partial charge in [0.2, 0.25) is 0 Å².